The summed E-state index contributed by atoms with van der Waals surface area (Å²) in [5, 5.41) is 10.4. The summed E-state index contributed by atoms with van der Waals surface area (Å²) < 4.78 is 36.5. The van der Waals surface area contributed by atoms with Crippen LogP contribution in [0.15, 0.2) is 16.9 Å². The van der Waals surface area contributed by atoms with Gasteiger partial charge in [0.25, 0.3) is 0 Å². The lowest BCUT2D eigenvalue weighted by Gasteiger charge is -2.10. The molecule has 0 fully saturated rings. The maximum atomic E-state index is 12.2. The van der Waals surface area contributed by atoms with E-state index in [0.29, 0.717) is 0 Å². The summed E-state index contributed by atoms with van der Waals surface area (Å²) in [4.78, 5) is 37.3. The minimum Gasteiger partial charge on any atom is -0.478 e. The van der Waals surface area contributed by atoms with E-state index in [2.05, 4.69) is 9.97 Å². The average molecular weight is 289 g/mol. The maximum Gasteiger partial charge on any atom is 0.471 e. The predicted octanol–water partition coefficient (Wildman–Crippen LogP) is 1.06. The number of aromatic amines is 2. The standard InChI is InChI=1S/C10H6F3N3O4/c11-10(12,13)8(19)14-4-2-6-5(15-9(20)16-6)1-3(4)7(17)18/h1-2H,(H,14,19)(H,17,18)(H2,15,16,20). The number of hydrogen-bond acceptors (Lipinski definition) is 3. The molecule has 0 saturated heterocycles. The number of imidazole rings is 1. The summed E-state index contributed by atoms with van der Waals surface area (Å²) in [5.41, 5.74) is -1.64. The van der Waals surface area contributed by atoms with E-state index < -0.39 is 35.0 Å². The first kappa shape index (κ1) is 13.6. The SMILES string of the molecule is O=C(O)c1cc2[nH]c(=O)[nH]c2cc1NC(=O)C(F)(F)F. The Hall–Kier alpha value is -2.78. The molecule has 0 radical (unpaired) electrons. The Kier molecular flexibility index (Phi) is 3.00. The van der Waals surface area contributed by atoms with Crippen LogP contribution in [0.25, 0.3) is 11.0 Å². The van der Waals surface area contributed by atoms with Gasteiger partial charge in [-0.2, -0.15) is 13.2 Å². The molecule has 1 aromatic heterocycles. The Morgan fingerprint density at radius 2 is 1.70 bits per heavy atom. The van der Waals surface area contributed by atoms with Gasteiger partial charge in [-0.05, 0) is 12.1 Å². The van der Waals surface area contributed by atoms with Crippen molar-refractivity contribution in [1.82, 2.24) is 9.97 Å². The molecule has 0 aliphatic rings. The number of carbonyl (C=O) groups is 2. The van der Waals surface area contributed by atoms with Crippen LogP contribution in [-0.4, -0.2) is 33.1 Å². The Balaban J connectivity index is 2.55. The van der Waals surface area contributed by atoms with Crippen molar-refractivity contribution in [2.75, 3.05) is 5.32 Å². The van der Waals surface area contributed by atoms with Crippen LogP contribution in [0.3, 0.4) is 0 Å². The highest BCUT2D eigenvalue weighted by molar-refractivity contribution is 6.05. The summed E-state index contributed by atoms with van der Waals surface area (Å²) >= 11 is 0. The molecule has 20 heavy (non-hydrogen) atoms. The number of anilines is 1. The maximum absolute atomic E-state index is 12.2. The molecule has 1 aromatic carbocycles. The van der Waals surface area contributed by atoms with Crippen molar-refractivity contribution in [1.29, 1.82) is 0 Å². The number of amides is 1. The van der Waals surface area contributed by atoms with Crippen molar-refractivity contribution in [3.63, 3.8) is 0 Å². The van der Waals surface area contributed by atoms with Crippen molar-refractivity contribution in [2.45, 2.75) is 6.18 Å². The highest BCUT2D eigenvalue weighted by Crippen LogP contribution is 2.24. The van der Waals surface area contributed by atoms with Gasteiger partial charge < -0.3 is 20.4 Å². The highest BCUT2D eigenvalue weighted by Gasteiger charge is 2.39. The zero-order chi connectivity index (χ0) is 15.1. The van der Waals surface area contributed by atoms with Gasteiger partial charge in [0.05, 0.1) is 22.3 Å². The Bertz CT molecular complexity index is 759. The van der Waals surface area contributed by atoms with Crippen molar-refractivity contribution < 1.29 is 27.9 Å². The number of alkyl halides is 3. The number of carboxylic acids is 1. The van der Waals surface area contributed by atoms with Crippen molar-refractivity contribution >= 4 is 28.6 Å². The second-order valence-corrected chi connectivity index (χ2v) is 3.78. The number of aromatic nitrogens is 2. The predicted molar refractivity (Wildman–Crippen MR) is 60.6 cm³/mol. The third-order valence-corrected chi connectivity index (χ3v) is 2.39. The number of fused-ring (bicyclic) bond motifs is 1. The van der Waals surface area contributed by atoms with Crippen LogP contribution >= 0.6 is 0 Å². The molecule has 0 aliphatic carbocycles. The van der Waals surface area contributed by atoms with Crippen LogP contribution in [0, 0.1) is 0 Å². The van der Waals surface area contributed by atoms with Gasteiger partial charge in [0.1, 0.15) is 0 Å². The summed E-state index contributed by atoms with van der Waals surface area (Å²) in [6, 6.07) is 1.88. The molecule has 2 aromatic rings. The molecule has 2 rings (SSSR count). The van der Waals surface area contributed by atoms with E-state index in [1.54, 1.807) is 0 Å². The molecular formula is C10H6F3N3O4. The second-order valence-electron chi connectivity index (χ2n) is 3.78. The number of rotatable bonds is 2. The Morgan fingerprint density at radius 3 is 2.20 bits per heavy atom. The minimum absolute atomic E-state index is 0.0671. The number of hydrogen-bond donors (Lipinski definition) is 4. The van der Waals surface area contributed by atoms with Crippen molar-refractivity contribution in [3.8, 4) is 0 Å². The normalized spacial score (nSPS) is 11.6. The molecule has 0 saturated carbocycles. The van der Waals surface area contributed by atoms with Crippen molar-refractivity contribution in [2.24, 2.45) is 0 Å². The fourth-order valence-electron chi connectivity index (χ4n) is 1.56. The third-order valence-electron chi connectivity index (χ3n) is 2.39. The number of halogens is 3. The van der Waals surface area contributed by atoms with E-state index >= 15 is 0 Å². The summed E-state index contributed by atoms with van der Waals surface area (Å²) in [6.45, 7) is 0. The molecule has 0 unspecified atom stereocenters. The summed E-state index contributed by atoms with van der Waals surface area (Å²) in [5.74, 6) is -3.86. The van der Waals surface area contributed by atoms with E-state index in [9.17, 15) is 27.6 Å². The molecule has 0 bridgehead atoms. The molecule has 0 aliphatic heterocycles. The number of aromatic carboxylic acids is 1. The summed E-state index contributed by atoms with van der Waals surface area (Å²) in [7, 11) is 0. The van der Waals surface area contributed by atoms with Crippen LogP contribution in [-0.2, 0) is 4.79 Å². The Morgan fingerprint density at radius 1 is 1.15 bits per heavy atom. The smallest absolute Gasteiger partial charge is 0.471 e. The second kappa shape index (κ2) is 4.40. The van der Waals surface area contributed by atoms with E-state index in [1.165, 1.54) is 5.32 Å². The number of H-pyrrole nitrogens is 2. The van der Waals surface area contributed by atoms with Gasteiger partial charge >= 0.3 is 23.7 Å². The molecular weight excluding hydrogens is 283 g/mol. The Labute approximate surface area is 107 Å². The first-order valence-electron chi connectivity index (χ1n) is 5.06. The number of benzene rings is 1. The fraction of sp³-hybridized carbons (Fsp3) is 0.100. The van der Waals surface area contributed by atoms with Gasteiger partial charge in [0.2, 0.25) is 0 Å². The molecule has 0 atom stereocenters. The van der Waals surface area contributed by atoms with Gasteiger partial charge in [-0.3, -0.25) is 4.79 Å². The minimum atomic E-state index is -5.16. The fourth-order valence-corrected chi connectivity index (χ4v) is 1.56. The largest absolute Gasteiger partial charge is 0.478 e. The van der Waals surface area contributed by atoms with Crippen molar-refractivity contribution in [3.05, 3.63) is 28.2 Å². The average Bonchev–Trinajstić information content (AvgIpc) is 2.65. The lowest BCUT2D eigenvalue weighted by Crippen LogP contribution is -2.30. The van der Waals surface area contributed by atoms with Gasteiger partial charge in [-0.25, -0.2) is 9.59 Å². The third kappa shape index (κ3) is 2.48. The molecule has 4 N–H and O–H groups in total. The van der Waals surface area contributed by atoms with E-state index in [0.717, 1.165) is 12.1 Å². The number of nitrogens with one attached hydrogen (secondary N) is 3. The molecule has 10 heteroatoms. The van der Waals surface area contributed by atoms with Gasteiger partial charge in [-0.1, -0.05) is 0 Å². The number of carboxylic acid groups (broad SMARTS) is 1. The summed E-state index contributed by atoms with van der Waals surface area (Å²) in [6.07, 6.45) is -5.16. The molecule has 0 spiro atoms. The zero-order valence-electron chi connectivity index (χ0n) is 9.46. The molecule has 1 heterocycles. The first-order chi connectivity index (χ1) is 9.18. The van der Waals surface area contributed by atoms with Crippen LogP contribution in [0.2, 0.25) is 0 Å². The van der Waals surface area contributed by atoms with Crippen LogP contribution in [0.5, 0.6) is 0 Å². The first-order valence-corrected chi connectivity index (χ1v) is 5.06. The number of carbonyl (C=O) groups excluding carboxylic acids is 1. The monoisotopic (exact) mass is 289 g/mol. The quantitative estimate of drug-likeness (QED) is 0.661. The van der Waals surface area contributed by atoms with Gasteiger partial charge in [0.15, 0.2) is 0 Å². The van der Waals surface area contributed by atoms with Crippen LogP contribution in [0.1, 0.15) is 10.4 Å². The van der Waals surface area contributed by atoms with Gasteiger partial charge in [0, 0.05) is 0 Å². The zero-order valence-corrected chi connectivity index (χ0v) is 9.46. The highest BCUT2D eigenvalue weighted by atomic mass is 19.4. The van der Waals surface area contributed by atoms with Crippen LogP contribution in [0.4, 0.5) is 18.9 Å². The molecule has 106 valence electrons. The van der Waals surface area contributed by atoms with E-state index in [-0.39, 0.29) is 11.0 Å². The topological polar surface area (TPSA) is 115 Å². The molecule has 1 amide bonds. The lowest BCUT2D eigenvalue weighted by atomic mass is 10.1. The van der Waals surface area contributed by atoms with E-state index in [4.69, 9.17) is 5.11 Å². The van der Waals surface area contributed by atoms with Crippen LogP contribution < -0.4 is 11.0 Å². The van der Waals surface area contributed by atoms with E-state index in [1.807, 2.05) is 0 Å². The van der Waals surface area contributed by atoms with Gasteiger partial charge in [-0.15, -0.1) is 0 Å². The lowest BCUT2D eigenvalue weighted by molar-refractivity contribution is -0.167. The molecule has 7 nitrogen and oxygen atoms in total.